The average Bonchev–Trinajstić information content (AvgIpc) is 2.96. The number of halogens is 3. The standard InChI is InChI=1S/C16H11F3N2O2/c1-23-15(22)10-5-6-13-14(7-10)21(9-20-13)12-4-2-3-11(8-12)16(17,18)19/h2-9H,1H3. The first-order valence-corrected chi connectivity index (χ1v) is 6.63. The number of ether oxygens (including phenoxy) is 1. The summed E-state index contributed by atoms with van der Waals surface area (Å²) < 4.78 is 44.7. The Labute approximate surface area is 129 Å². The van der Waals surface area contributed by atoms with Gasteiger partial charge in [0, 0.05) is 5.69 Å². The molecule has 0 aliphatic rings. The summed E-state index contributed by atoms with van der Waals surface area (Å²) in [5.41, 5.74) is 0.946. The van der Waals surface area contributed by atoms with Crippen LogP contribution in [0.2, 0.25) is 0 Å². The number of nitrogens with zero attached hydrogens (tertiary/aromatic N) is 2. The van der Waals surface area contributed by atoms with E-state index in [2.05, 4.69) is 9.72 Å². The van der Waals surface area contributed by atoms with Gasteiger partial charge in [0.25, 0.3) is 0 Å². The van der Waals surface area contributed by atoms with Gasteiger partial charge in [0.1, 0.15) is 6.33 Å². The van der Waals surface area contributed by atoms with Crippen LogP contribution in [0.5, 0.6) is 0 Å². The van der Waals surface area contributed by atoms with Gasteiger partial charge < -0.3 is 4.74 Å². The number of alkyl halides is 3. The lowest BCUT2D eigenvalue weighted by Gasteiger charge is -2.10. The highest BCUT2D eigenvalue weighted by Crippen LogP contribution is 2.31. The Balaban J connectivity index is 2.15. The minimum absolute atomic E-state index is 0.300. The number of aromatic nitrogens is 2. The first kappa shape index (κ1) is 15.1. The summed E-state index contributed by atoms with van der Waals surface area (Å²) in [4.78, 5) is 15.8. The van der Waals surface area contributed by atoms with E-state index in [0.29, 0.717) is 22.3 Å². The fraction of sp³-hybridized carbons (Fsp3) is 0.125. The van der Waals surface area contributed by atoms with Gasteiger partial charge in [-0.05, 0) is 36.4 Å². The zero-order valence-electron chi connectivity index (χ0n) is 12.0. The molecule has 0 saturated heterocycles. The molecular weight excluding hydrogens is 309 g/mol. The summed E-state index contributed by atoms with van der Waals surface area (Å²) in [5.74, 6) is -0.524. The quantitative estimate of drug-likeness (QED) is 0.674. The molecule has 0 fully saturated rings. The third-order valence-corrected chi connectivity index (χ3v) is 3.42. The zero-order valence-corrected chi connectivity index (χ0v) is 12.0. The maximum atomic E-state index is 12.9. The number of rotatable bonds is 2. The maximum Gasteiger partial charge on any atom is 0.416 e. The van der Waals surface area contributed by atoms with E-state index in [9.17, 15) is 18.0 Å². The first-order chi connectivity index (χ1) is 10.9. The van der Waals surface area contributed by atoms with E-state index >= 15 is 0 Å². The van der Waals surface area contributed by atoms with Gasteiger partial charge in [0.15, 0.2) is 0 Å². The van der Waals surface area contributed by atoms with Crippen molar-refractivity contribution in [2.75, 3.05) is 7.11 Å². The number of carbonyl (C=O) groups is 1. The molecule has 3 rings (SSSR count). The second kappa shape index (κ2) is 5.42. The fourth-order valence-electron chi connectivity index (χ4n) is 2.29. The third-order valence-electron chi connectivity index (χ3n) is 3.42. The van der Waals surface area contributed by atoms with E-state index < -0.39 is 17.7 Å². The molecular formula is C16H11F3N2O2. The van der Waals surface area contributed by atoms with Crippen molar-refractivity contribution < 1.29 is 22.7 Å². The van der Waals surface area contributed by atoms with Crippen LogP contribution in [-0.2, 0) is 10.9 Å². The van der Waals surface area contributed by atoms with Crippen LogP contribution in [0.1, 0.15) is 15.9 Å². The highest BCUT2D eigenvalue weighted by Gasteiger charge is 2.30. The van der Waals surface area contributed by atoms with Gasteiger partial charge in [-0.1, -0.05) is 6.07 Å². The highest BCUT2D eigenvalue weighted by atomic mass is 19.4. The molecule has 0 radical (unpaired) electrons. The second-order valence-electron chi connectivity index (χ2n) is 4.86. The van der Waals surface area contributed by atoms with Crippen LogP contribution < -0.4 is 0 Å². The molecule has 118 valence electrons. The number of hydrogen-bond donors (Lipinski definition) is 0. The van der Waals surface area contributed by atoms with Crippen LogP contribution in [0.15, 0.2) is 48.8 Å². The molecule has 0 spiro atoms. The number of esters is 1. The van der Waals surface area contributed by atoms with Crippen molar-refractivity contribution in [1.82, 2.24) is 9.55 Å². The van der Waals surface area contributed by atoms with E-state index in [-0.39, 0.29) is 0 Å². The normalized spacial score (nSPS) is 11.7. The molecule has 4 nitrogen and oxygen atoms in total. The third kappa shape index (κ3) is 2.77. The Morgan fingerprint density at radius 3 is 2.65 bits per heavy atom. The predicted molar refractivity (Wildman–Crippen MR) is 77.4 cm³/mol. The van der Waals surface area contributed by atoms with E-state index in [1.165, 1.54) is 30.1 Å². The van der Waals surface area contributed by atoms with E-state index in [1.54, 1.807) is 18.2 Å². The van der Waals surface area contributed by atoms with Crippen LogP contribution >= 0.6 is 0 Å². The lowest BCUT2D eigenvalue weighted by Crippen LogP contribution is -2.06. The summed E-state index contributed by atoms with van der Waals surface area (Å²) in [6.07, 6.45) is -3.01. The Hall–Kier alpha value is -2.83. The SMILES string of the molecule is COC(=O)c1ccc2ncn(-c3cccc(C(F)(F)F)c3)c2c1. The number of imidazole rings is 1. The number of fused-ring (bicyclic) bond motifs is 1. The van der Waals surface area contributed by atoms with Crippen LogP contribution in [0.25, 0.3) is 16.7 Å². The summed E-state index contributed by atoms with van der Waals surface area (Å²) in [6.45, 7) is 0. The smallest absolute Gasteiger partial charge is 0.416 e. The molecule has 0 atom stereocenters. The van der Waals surface area contributed by atoms with Crippen molar-refractivity contribution in [2.24, 2.45) is 0 Å². The number of carbonyl (C=O) groups excluding carboxylic acids is 1. The topological polar surface area (TPSA) is 44.1 Å². The van der Waals surface area contributed by atoms with Gasteiger partial charge in [-0.15, -0.1) is 0 Å². The highest BCUT2D eigenvalue weighted by molar-refractivity contribution is 5.94. The number of methoxy groups -OCH3 is 1. The average molecular weight is 320 g/mol. The molecule has 1 heterocycles. The van der Waals surface area contributed by atoms with Gasteiger partial charge in [-0.25, -0.2) is 9.78 Å². The number of hydrogen-bond acceptors (Lipinski definition) is 3. The van der Waals surface area contributed by atoms with Gasteiger partial charge in [-0.3, -0.25) is 4.57 Å². The van der Waals surface area contributed by atoms with Crippen LogP contribution in [0.3, 0.4) is 0 Å². The zero-order chi connectivity index (χ0) is 16.6. The molecule has 1 aromatic heterocycles. The van der Waals surface area contributed by atoms with Crippen LogP contribution in [0.4, 0.5) is 13.2 Å². The molecule has 0 N–H and O–H groups in total. The first-order valence-electron chi connectivity index (χ1n) is 6.63. The van der Waals surface area contributed by atoms with Crippen LogP contribution in [-0.4, -0.2) is 22.6 Å². The summed E-state index contributed by atoms with van der Waals surface area (Å²) >= 11 is 0. The largest absolute Gasteiger partial charge is 0.465 e. The van der Waals surface area contributed by atoms with Crippen molar-refractivity contribution in [2.45, 2.75) is 6.18 Å². The Bertz CT molecular complexity index is 884. The summed E-state index contributed by atoms with van der Waals surface area (Å²) in [6, 6.07) is 9.61. The molecule has 2 aromatic carbocycles. The monoisotopic (exact) mass is 320 g/mol. The lowest BCUT2D eigenvalue weighted by molar-refractivity contribution is -0.137. The lowest BCUT2D eigenvalue weighted by atomic mass is 10.1. The molecule has 0 unspecified atom stereocenters. The Morgan fingerprint density at radius 2 is 1.96 bits per heavy atom. The van der Waals surface area contributed by atoms with Crippen molar-refractivity contribution >= 4 is 17.0 Å². The van der Waals surface area contributed by atoms with Crippen molar-refractivity contribution in [3.63, 3.8) is 0 Å². The van der Waals surface area contributed by atoms with Gasteiger partial charge in [0.05, 0.1) is 29.3 Å². The molecule has 0 saturated carbocycles. The second-order valence-corrected chi connectivity index (χ2v) is 4.86. The summed E-state index contributed by atoms with van der Waals surface area (Å²) in [7, 11) is 1.26. The van der Waals surface area contributed by atoms with E-state index in [0.717, 1.165) is 12.1 Å². The molecule has 3 aromatic rings. The van der Waals surface area contributed by atoms with Crippen molar-refractivity contribution in [3.05, 3.63) is 59.9 Å². The molecule has 0 amide bonds. The summed E-state index contributed by atoms with van der Waals surface area (Å²) in [5, 5.41) is 0. The van der Waals surface area contributed by atoms with E-state index in [4.69, 9.17) is 0 Å². The maximum absolute atomic E-state index is 12.9. The van der Waals surface area contributed by atoms with Crippen molar-refractivity contribution in [3.8, 4) is 5.69 Å². The minimum Gasteiger partial charge on any atom is -0.465 e. The fourth-order valence-corrected chi connectivity index (χ4v) is 2.29. The predicted octanol–water partition coefficient (Wildman–Crippen LogP) is 3.83. The van der Waals surface area contributed by atoms with Crippen LogP contribution in [0, 0.1) is 0 Å². The van der Waals surface area contributed by atoms with Gasteiger partial charge in [0.2, 0.25) is 0 Å². The van der Waals surface area contributed by atoms with Crippen molar-refractivity contribution in [1.29, 1.82) is 0 Å². The Kier molecular flexibility index (Phi) is 3.55. The molecule has 0 aliphatic carbocycles. The minimum atomic E-state index is -4.43. The van der Waals surface area contributed by atoms with Gasteiger partial charge in [-0.2, -0.15) is 13.2 Å². The number of benzene rings is 2. The van der Waals surface area contributed by atoms with Gasteiger partial charge >= 0.3 is 12.1 Å². The Morgan fingerprint density at radius 1 is 1.17 bits per heavy atom. The molecule has 7 heteroatoms. The molecule has 0 aliphatic heterocycles. The van der Waals surface area contributed by atoms with E-state index in [1.807, 2.05) is 0 Å². The molecule has 0 bridgehead atoms. The molecule has 23 heavy (non-hydrogen) atoms.